The molecule has 112 valence electrons. The van der Waals surface area contributed by atoms with E-state index in [1.165, 1.54) is 6.42 Å². The first-order valence-corrected chi connectivity index (χ1v) is 8.90. The Hall–Kier alpha value is -1.31. The second-order valence-corrected chi connectivity index (χ2v) is 8.25. The van der Waals surface area contributed by atoms with Gasteiger partial charge in [0.15, 0.2) is 9.84 Å². The summed E-state index contributed by atoms with van der Waals surface area (Å²) in [6.07, 6.45) is 4.06. The quantitative estimate of drug-likeness (QED) is 0.848. The zero-order valence-corrected chi connectivity index (χ0v) is 12.6. The monoisotopic (exact) mass is 299 g/mol. The van der Waals surface area contributed by atoms with Crippen LogP contribution in [0.2, 0.25) is 0 Å². The van der Waals surface area contributed by atoms with Gasteiger partial charge < -0.3 is 10.6 Å². The molecule has 20 heavy (non-hydrogen) atoms. The highest BCUT2D eigenvalue weighted by Gasteiger charge is 2.42. The highest BCUT2D eigenvalue weighted by atomic mass is 32.2. The van der Waals surface area contributed by atoms with Crippen LogP contribution in [0.25, 0.3) is 0 Å². The van der Waals surface area contributed by atoms with E-state index >= 15 is 0 Å². The van der Waals surface area contributed by atoms with Crippen molar-refractivity contribution in [1.82, 2.24) is 14.8 Å². The van der Waals surface area contributed by atoms with Gasteiger partial charge in [-0.15, -0.1) is 5.10 Å². The fourth-order valence-corrected chi connectivity index (χ4v) is 5.21. The first-order valence-electron chi connectivity index (χ1n) is 7.08. The summed E-state index contributed by atoms with van der Waals surface area (Å²) in [6.45, 7) is 3.78. The number of aromatic nitrogens is 3. The summed E-state index contributed by atoms with van der Waals surface area (Å²) >= 11 is 0. The molecule has 0 radical (unpaired) electrons. The van der Waals surface area contributed by atoms with Gasteiger partial charge in [0.2, 0.25) is 11.9 Å². The summed E-state index contributed by atoms with van der Waals surface area (Å²) in [7, 11) is -2.99. The molecule has 2 aliphatic heterocycles. The molecular weight excluding hydrogens is 278 g/mol. The van der Waals surface area contributed by atoms with E-state index in [1.807, 2.05) is 6.92 Å². The number of nitrogen functional groups attached to an aromatic ring is 1. The minimum absolute atomic E-state index is 0.0903. The van der Waals surface area contributed by atoms with E-state index in [2.05, 4.69) is 15.0 Å². The van der Waals surface area contributed by atoms with Crippen LogP contribution in [0.5, 0.6) is 0 Å². The Morgan fingerprint density at radius 2 is 1.95 bits per heavy atom. The fourth-order valence-electron chi connectivity index (χ4n) is 3.10. The molecule has 1 unspecified atom stereocenters. The van der Waals surface area contributed by atoms with Crippen molar-refractivity contribution in [2.24, 2.45) is 0 Å². The molecule has 2 aliphatic rings. The average Bonchev–Trinajstić information content (AvgIpc) is 2.92. The van der Waals surface area contributed by atoms with Gasteiger partial charge in [-0.25, -0.2) is 13.1 Å². The molecule has 7 nitrogen and oxygen atoms in total. The maximum Gasteiger partial charge on any atom is 0.246 e. The molecule has 1 aromatic heterocycles. The molecular formula is C12H21N5O2S. The van der Waals surface area contributed by atoms with Crippen LogP contribution < -0.4 is 10.6 Å². The predicted molar refractivity (Wildman–Crippen MR) is 77.4 cm³/mol. The number of rotatable bonds is 2. The van der Waals surface area contributed by atoms with Gasteiger partial charge in [0.25, 0.3) is 0 Å². The largest absolute Gasteiger partial charge is 0.368 e. The zero-order chi connectivity index (χ0) is 14.4. The van der Waals surface area contributed by atoms with Gasteiger partial charge in [0.1, 0.15) is 0 Å². The van der Waals surface area contributed by atoms with Crippen molar-refractivity contribution in [3.63, 3.8) is 0 Å². The molecule has 1 aromatic rings. The van der Waals surface area contributed by atoms with E-state index in [0.717, 1.165) is 25.9 Å². The molecule has 8 heteroatoms. The van der Waals surface area contributed by atoms with E-state index < -0.39 is 15.4 Å². The van der Waals surface area contributed by atoms with Crippen molar-refractivity contribution in [2.75, 3.05) is 35.2 Å². The zero-order valence-electron chi connectivity index (χ0n) is 11.7. The second-order valence-electron chi connectivity index (χ2n) is 6.07. The smallest absolute Gasteiger partial charge is 0.246 e. The molecule has 0 aliphatic carbocycles. The lowest BCUT2D eigenvalue weighted by atomic mass is 10.0. The second kappa shape index (κ2) is 4.61. The van der Waals surface area contributed by atoms with E-state index in [-0.39, 0.29) is 11.5 Å². The first-order chi connectivity index (χ1) is 9.40. The molecule has 0 amide bonds. The first kappa shape index (κ1) is 13.7. The minimum Gasteiger partial charge on any atom is -0.368 e. The van der Waals surface area contributed by atoms with Crippen molar-refractivity contribution < 1.29 is 8.42 Å². The van der Waals surface area contributed by atoms with Gasteiger partial charge in [0, 0.05) is 13.1 Å². The Bertz CT molecular complexity index is 605. The lowest BCUT2D eigenvalue weighted by molar-refractivity contribution is 0.333. The van der Waals surface area contributed by atoms with Crippen molar-refractivity contribution in [1.29, 1.82) is 0 Å². The van der Waals surface area contributed by atoms with Crippen LogP contribution in [0.1, 0.15) is 32.6 Å². The maximum absolute atomic E-state index is 11.7. The topological polar surface area (TPSA) is 94.1 Å². The molecule has 2 N–H and O–H groups in total. The Balaban J connectivity index is 1.89. The van der Waals surface area contributed by atoms with E-state index in [0.29, 0.717) is 18.3 Å². The van der Waals surface area contributed by atoms with Crippen LogP contribution in [0, 0.1) is 0 Å². The Morgan fingerprint density at radius 1 is 1.25 bits per heavy atom. The summed E-state index contributed by atoms with van der Waals surface area (Å²) in [5.41, 5.74) is 5.40. The molecule has 1 atom stereocenters. The number of nitrogens with two attached hydrogens (primary N) is 1. The summed E-state index contributed by atoms with van der Waals surface area (Å²) in [4.78, 5) is 6.46. The Morgan fingerprint density at radius 3 is 2.55 bits per heavy atom. The maximum atomic E-state index is 11.7. The van der Waals surface area contributed by atoms with Crippen molar-refractivity contribution in [3.05, 3.63) is 0 Å². The van der Waals surface area contributed by atoms with Gasteiger partial charge >= 0.3 is 0 Å². The Kier molecular flexibility index (Phi) is 3.15. The number of nitrogens with zero attached hydrogens (tertiary/aromatic N) is 4. The third-order valence-corrected chi connectivity index (χ3v) is 6.14. The lowest BCUT2D eigenvalue weighted by Gasteiger charge is -2.26. The SMILES string of the molecule is CC1(n2nc(N3CCCCC3)nc2N)CCS(=O)(=O)C1. The van der Waals surface area contributed by atoms with Crippen LogP contribution in [0.15, 0.2) is 0 Å². The number of hydrogen-bond donors (Lipinski definition) is 1. The van der Waals surface area contributed by atoms with E-state index in [4.69, 9.17) is 5.73 Å². The highest BCUT2D eigenvalue weighted by molar-refractivity contribution is 7.91. The van der Waals surface area contributed by atoms with Crippen LogP contribution in [-0.2, 0) is 15.4 Å². The summed E-state index contributed by atoms with van der Waals surface area (Å²) in [5.74, 6) is 1.23. The van der Waals surface area contributed by atoms with Crippen LogP contribution >= 0.6 is 0 Å². The van der Waals surface area contributed by atoms with Crippen LogP contribution in [0.3, 0.4) is 0 Å². The van der Waals surface area contributed by atoms with Crippen LogP contribution in [0.4, 0.5) is 11.9 Å². The predicted octanol–water partition coefficient (Wildman–Crippen LogP) is 0.384. The van der Waals surface area contributed by atoms with Crippen LogP contribution in [-0.4, -0.2) is 47.8 Å². The van der Waals surface area contributed by atoms with Gasteiger partial charge in [-0.05, 0) is 32.6 Å². The van der Waals surface area contributed by atoms with Gasteiger partial charge in [-0.2, -0.15) is 4.98 Å². The lowest BCUT2D eigenvalue weighted by Crippen LogP contribution is -2.34. The molecule has 2 fully saturated rings. The Labute approximate surface area is 119 Å². The molecule has 0 bridgehead atoms. The number of piperidine rings is 1. The third-order valence-electron chi connectivity index (χ3n) is 4.25. The number of anilines is 2. The minimum atomic E-state index is -2.99. The van der Waals surface area contributed by atoms with E-state index in [9.17, 15) is 8.42 Å². The summed E-state index contributed by atoms with van der Waals surface area (Å²) < 4.78 is 25.1. The highest BCUT2D eigenvalue weighted by Crippen LogP contribution is 2.32. The average molecular weight is 299 g/mol. The summed E-state index contributed by atoms with van der Waals surface area (Å²) in [6, 6.07) is 0. The van der Waals surface area contributed by atoms with Crippen molar-refractivity contribution in [3.8, 4) is 0 Å². The van der Waals surface area contributed by atoms with E-state index in [1.54, 1.807) is 4.68 Å². The van der Waals surface area contributed by atoms with Crippen molar-refractivity contribution in [2.45, 2.75) is 38.1 Å². The normalized spacial score (nSPS) is 29.8. The number of sulfone groups is 1. The van der Waals surface area contributed by atoms with Gasteiger partial charge in [-0.1, -0.05) is 0 Å². The molecule has 0 saturated carbocycles. The molecule has 3 rings (SSSR count). The fraction of sp³-hybridized carbons (Fsp3) is 0.833. The molecule has 0 spiro atoms. The standard InChI is InChI=1S/C12H21N5O2S/c1-12(5-8-20(18,19)9-12)17-10(13)14-11(15-17)16-6-3-2-4-7-16/h2-9H2,1H3,(H2,13,14,15). The van der Waals surface area contributed by atoms with Gasteiger partial charge in [-0.3, -0.25) is 0 Å². The molecule has 0 aromatic carbocycles. The molecule has 2 saturated heterocycles. The molecule has 3 heterocycles. The third kappa shape index (κ3) is 2.36. The number of hydrogen-bond acceptors (Lipinski definition) is 6. The van der Waals surface area contributed by atoms with Gasteiger partial charge in [0.05, 0.1) is 17.0 Å². The van der Waals surface area contributed by atoms with Crippen molar-refractivity contribution >= 4 is 21.7 Å². The summed E-state index contributed by atoms with van der Waals surface area (Å²) in [5, 5.41) is 4.49.